The fourth-order valence-corrected chi connectivity index (χ4v) is 4.94. The van der Waals surface area contributed by atoms with Crippen molar-refractivity contribution in [2.24, 2.45) is 0 Å². The smallest absolute Gasteiger partial charge is 0.273 e. The predicted molar refractivity (Wildman–Crippen MR) is 101 cm³/mol. The second-order valence-corrected chi connectivity index (χ2v) is 8.14. The summed E-state index contributed by atoms with van der Waals surface area (Å²) in [5, 5.41) is 15.7. The maximum Gasteiger partial charge on any atom is 0.273 e. The van der Waals surface area contributed by atoms with Crippen molar-refractivity contribution < 1.29 is 9.90 Å². The summed E-state index contributed by atoms with van der Waals surface area (Å²) in [6.07, 6.45) is 0.547. The summed E-state index contributed by atoms with van der Waals surface area (Å²) in [5.74, 6) is -0.108. The topological polar surface area (TPSA) is 53.4 Å². The van der Waals surface area contributed by atoms with Crippen LogP contribution in [0.2, 0.25) is 0 Å². The van der Waals surface area contributed by atoms with E-state index in [1.807, 2.05) is 54.1 Å². The molecule has 1 aromatic carbocycles. The van der Waals surface area contributed by atoms with E-state index < -0.39 is 5.60 Å². The van der Waals surface area contributed by atoms with Crippen LogP contribution in [0.5, 0.6) is 0 Å². The van der Waals surface area contributed by atoms with Gasteiger partial charge in [-0.3, -0.25) is 4.79 Å². The van der Waals surface area contributed by atoms with Gasteiger partial charge in [0.25, 0.3) is 5.91 Å². The van der Waals surface area contributed by atoms with Gasteiger partial charge in [-0.1, -0.05) is 30.3 Å². The third-order valence-corrected chi connectivity index (χ3v) is 6.52. The van der Waals surface area contributed by atoms with Gasteiger partial charge in [0, 0.05) is 11.9 Å². The first-order valence-electron chi connectivity index (χ1n) is 8.14. The molecule has 25 heavy (non-hydrogen) atoms. The van der Waals surface area contributed by atoms with Crippen LogP contribution in [0, 0.1) is 6.92 Å². The molecule has 4 nitrogen and oxygen atoms in total. The van der Waals surface area contributed by atoms with E-state index in [0.29, 0.717) is 25.2 Å². The number of β-amino-alcohol motifs (C(OH)–C–C–N with tert-alkyl or cyclic N) is 1. The molecule has 6 heteroatoms. The van der Waals surface area contributed by atoms with Gasteiger partial charge < -0.3 is 10.0 Å². The zero-order chi connectivity index (χ0) is 17.4. The highest BCUT2D eigenvalue weighted by Crippen LogP contribution is 2.35. The van der Waals surface area contributed by atoms with Crippen LogP contribution in [-0.2, 0) is 5.60 Å². The van der Waals surface area contributed by atoms with Crippen LogP contribution in [0.4, 0.5) is 0 Å². The molecule has 0 saturated carbocycles. The summed E-state index contributed by atoms with van der Waals surface area (Å²) in [4.78, 5) is 20.1. The zero-order valence-electron chi connectivity index (χ0n) is 13.8. The highest BCUT2D eigenvalue weighted by Gasteiger charge is 2.41. The number of carbonyl (C=O) groups is 1. The number of rotatable bonds is 3. The number of aliphatic hydroxyl groups is 1. The second kappa shape index (κ2) is 6.37. The van der Waals surface area contributed by atoms with Crippen LogP contribution in [0.15, 0.2) is 47.2 Å². The van der Waals surface area contributed by atoms with Crippen LogP contribution in [0.25, 0.3) is 9.88 Å². The fraction of sp³-hybridized carbons (Fsp3) is 0.263. The molecule has 3 aromatic rings. The van der Waals surface area contributed by atoms with Gasteiger partial charge in [0.05, 0.1) is 11.4 Å². The van der Waals surface area contributed by atoms with Crippen LogP contribution >= 0.6 is 22.7 Å². The first-order chi connectivity index (χ1) is 12.1. The molecule has 1 saturated heterocycles. The summed E-state index contributed by atoms with van der Waals surface area (Å²) >= 11 is 3.10. The zero-order valence-corrected chi connectivity index (χ0v) is 15.4. The highest BCUT2D eigenvalue weighted by molar-refractivity contribution is 7.20. The van der Waals surface area contributed by atoms with Gasteiger partial charge in [-0.25, -0.2) is 4.98 Å². The molecule has 1 N–H and O–H groups in total. The van der Waals surface area contributed by atoms with Gasteiger partial charge in [0.15, 0.2) is 0 Å². The molecule has 0 aliphatic carbocycles. The van der Waals surface area contributed by atoms with Crippen molar-refractivity contribution >= 4 is 28.6 Å². The van der Waals surface area contributed by atoms with E-state index in [9.17, 15) is 9.90 Å². The van der Waals surface area contributed by atoms with Gasteiger partial charge in [0.2, 0.25) is 0 Å². The molecule has 0 spiro atoms. The van der Waals surface area contributed by atoms with Crippen molar-refractivity contribution in [2.45, 2.75) is 18.9 Å². The molecule has 4 rings (SSSR count). The Balaban J connectivity index is 1.54. The Bertz CT molecular complexity index is 904. The van der Waals surface area contributed by atoms with E-state index in [1.54, 1.807) is 16.2 Å². The Kier molecular flexibility index (Phi) is 4.19. The minimum atomic E-state index is -0.979. The molecular weight excluding hydrogens is 352 g/mol. The minimum Gasteiger partial charge on any atom is -0.383 e. The molecule has 1 aliphatic heterocycles. The normalized spacial score (nSPS) is 20.2. The average Bonchev–Trinajstić information content (AvgIpc) is 3.35. The summed E-state index contributed by atoms with van der Waals surface area (Å²) in [7, 11) is 0. The standard InChI is InChI=1S/C19H18N2O2S2/c1-13-5-2-3-6-14(13)19(23)8-9-21(12-19)18(22)15-11-25-17(20-15)16-7-4-10-24-16/h2-7,10-11,23H,8-9,12H2,1H3. The third kappa shape index (κ3) is 3.01. The molecule has 1 fully saturated rings. The van der Waals surface area contributed by atoms with Crippen molar-refractivity contribution in [3.63, 3.8) is 0 Å². The number of amides is 1. The van der Waals surface area contributed by atoms with Crippen molar-refractivity contribution in [3.05, 3.63) is 64.0 Å². The molecular formula is C19H18N2O2S2. The predicted octanol–water partition coefficient (Wildman–Crippen LogP) is 3.91. The summed E-state index contributed by atoms with van der Waals surface area (Å²) in [6, 6.07) is 11.8. The van der Waals surface area contributed by atoms with E-state index in [2.05, 4.69) is 4.98 Å². The lowest BCUT2D eigenvalue weighted by Crippen LogP contribution is -2.35. The largest absolute Gasteiger partial charge is 0.383 e. The van der Waals surface area contributed by atoms with Crippen LogP contribution in [-0.4, -0.2) is 34.0 Å². The molecule has 3 heterocycles. The third-order valence-electron chi connectivity index (χ3n) is 4.64. The number of likely N-dealkylation sites (tertiary alicyclic amines) is 1. The first-order valence-corrected chi connectivity index (χ1v) is 9.90. The van der Waals surface area contributed by atoms with Crippen molar-refractivity contribution in [1.29, 1.82) is 0 Å². The maximum absolute atomic E-state index is 12.8. The average molecular weight is 370 g/mol. The number of hydrogen-bond donors (Lipinski definition) is 1. The molecule has 1 amide bonds. The quantitative estimate of drug-likeness (QED) is 0.760. The number of thiophene rings is 1. The Labute approximate surface area is 154 Å². The van der Waals surface area contributed by atoms with E-state index >= 15 is 0 Å². The summed E-state index contributed by atoms with van der Waals surface area (Å²) in [5.41, 5.74) is 1.44. The first kappa shape index (κ1) is 16.4. The van der Waals surface area contributed by atoms with Crippen LogP contribution in [0.1, 0.15) is 28.0 Å². The molecule has 1 atom stereocenters. The van der Waals surface area contributed by atoms with Gasteiger partial charge in [-0.05, 0) is 35.9 Å². The van der Waals surface area contributed by atoms with Crippen LogP contribution < -0.4 is 0 Å². The lowest BCUT2D eigenvalue weighted by molar-refractivity contribution is 0.0411. The maximum atomic E-state index is 12.8. The lowest BCUT2D eigenvalue weighted by atomic mass is 9.89. The molecule has 0 bridgehead atoms. The van der Waals surface area contributed by atoms with E-state index in [4.69, 9.17) is 0 Å². The number of carbonyl (C=O) groups excluding carboxylic acids is 1. The number of thiazole rings is 1. The van der Waals surface area contributed by atoms with Crippen molar-refractivity contribution in [2.75, 3.05) is 13.1 Å². The van der Waals surface area contributed by atoms with Gasteiger partial charge in [-0.15, -0.1) is 22.7 Å². The van der Waals surface area contributed by atoms with E-state index in [1.165, 1.54) is 11.3 Å². The van der Waals surface area contributed by atoms with Gasteiger partial charge in [0.1, 0.15) is 16.3 Å². The second-order valence-electron chi connectivity index (χ2n) is 6.34. The molecule has 1 aliphatic rings. The Morgan fingerprint density at radius 2 is 2.08 bits per heavy atom. The number of benzene rings is 1. The summed E-state index contributed by atoms with van der Waals surface area (Å²) < 4.78 is 0. The fourth-order valence-electron chi connectivity index (χ4n) is 3.33. The molecule has 128 valence electrons. The van der Waals surface area contributed by atoms with E-state index in [0.717, 1.165) is 21.0 Å². The number of aryl methyl sites for hydroxylation is 1. The van der Waals surface area contributed by atoms with Crippen molar-refractivity contribution in [3.8, 4) is 9.88 Å². The Morgan fingerprint density at radius 3 is 2.84 bits per heavy atom. The van der Waals surface area contributed by atoms with Gasteiger partial charge >= 0.3 is 0 Å². The van der Waals surface area contributed by atoms with Crippen molar-refractivity contribution in [1.82, 2.24) is 9.88 Å². The Hall–Kier alpha value is -2.02. The SMILES string of the molecule is Cc1ccccc1C1(O)CCN(C(=O)c2csc(-c3cccs3)n2)C1. The lowest BCUT2D eigenvalue weighted by Gasteiger charge is -2.25. The molecule has 2 aromatic heterocycles. The monoisotopic (exact) mass is 370 g/mol. The van der Waals surface area contributed by atoms with Crippen LogP contribution in [0.3, 0.4) is 0 Å². The highest BCUT2D eigenvalue weighted by atomic mass is 32.1. The van der Waals surface area contributed by atoms with Gasteiger partial charge in [-0.2, -0.15) is 0 Å². The number of nitrogens with zero attached hydrogens (tertiary/aromatic N) is 2. The van der Waals surface area contributed by atoms with E-state index in [-0.39, 0.29) is 5.91 Å². The minimum absolute atomic E-state index is 0.108. The molecule has 0 radical (unpaired) electrons. The molecule has 1 unspecified atom stereocenters. The number of hydrogen-bond acceptors (Lipinski definition) is 5. The Morgan fingerprint density at radius 1 is 1.24 bits per heavy atom. The number of aromatic nitrogens is 1. The summed E-state index contributed by atoms with van der Waals surface area (Å²) in [6.45, 7) is 2.84.